The van der Waals surface area contributed by atoms with Crippen molar-refractivity contribution in [1.29, 1.82) is 0 Å². The van der Waals surface area contributed by atoms with E-state index in [0.717, 1.165) is 24.9 Å². The fraction of sp³-hybridized carbons (Fsp3) is 0.300. The lowest BCUT2D eigenvalue weighted by atomic mass is 9.98. The molecule has 26 heavy (non-hydrogen) atoms. The normalized spacial score (nSPS) is 13.1. The average Bonchev–Trinajstić information content (AvgIpc) is 2.63. The molecule has 0 saturated heterocycles. The quantitative estimate of drug-likeness (QED) is 0.812. The lowest BCUT2D eigenvalue weighted by molar-refractivity contribution is -0.136. The molecule has 0 atom stereocenters. The molecule has 136 valence electrons. The van der Waals surface area contributed by atoms with E-state index < -0.39 is 11.8 Å². The van der Waals surface area contributed by atoms with Crippen LogP contribution >= 0.6 is 11.6 Å². The lowest BCUT2D eigenvalue weighted by Crippen LogP contribution is -2.36. The third-order valence-corrected chi connectivity index (χ3v) is 4.85. The van der Waals surface area contributed by atoms with Gasteiger partial charge in [0.25, 0.3) is 0 Å². The third kappa shape index (κ3) is 4.35. The highest BCUT2D eigenvalue weighted by atomic mass is 35.5. The topological polar surface area (TPSA) is 61.4 Å². The number of hydrogen-bond donors (Lipinski definition) is 2. The van der Waals surface area contributed by atoms with Crippen LogP contribution in [-0.4, -0.2) is 32.0 Å². The summed E-state index contributed by atoms with van der Waals surface area (Å²) in [5.41, 5.74) is 4.21. The van der Waals surface area contributed by atoms with Crippen LogP contribution in [0.4, 0.5) is 11.4 Å². The first kappa shape index (κ1) is 18.3. The molecule has 2 aromatic rings. The van der Waals surface area contributed by atoms with Gasteiger partial charge < -0.3 is 15.5 Å². The summed E-state index contributed by atoms with van der Waals surface area (Å²) in [6.45, 7) is 1.49. The molecule has 2 N–H and O–H groups in total. The molecule has 0 unspecified atom stereocenters. The van der Waals surface area contributed by atoms with E-state index >= 15 is 0 Å². The molecule has 0 bridgehead atoms. The molecule has 6 heteroatoms. The van der Waals surface area contributed by atoms with Crippen LogP contribution < -0.4 is 15.5 Å². The predicted octanol–water partition coefficient (Wildman–Crippen LogP) is 3.02. The minimum Gasteiger partial charge on any atom is -0.374 e. The summed E-state index contributed by atoms with van der Waals surface area (Å²) in [7, 11) is 2.11. The summed E-state index contributed by atoms with van der Waals surface area (Å²) in [4.78, 5) is 26.2. The van der Waals surface area contributed by atoms with Crippen molar-refractivity contribution in [2.24, 2.45) is 0 Å². The maximum atomic E-state index is 12.0. The van der Waals surface area contributed by atoms with E-state index in [9.17, 15) is 9.59 Å². The summed E-state index contributed by atoms with van der Waals surface area (Å²) in [5.74, 6) is -1.38. The lowest BCUT2D eigenvalue weighted by Gasteiger charge is -2.27. The maximum absolute atomic E-state index is 12.0. The van der Waals surface area contributed by atoms with Gasteiger partial charge in [0.1, 0.15) is 0 Å². The number of halogens is 1. The SMILES string of the molecule is CN1CCCc2cc(CCNC(=O)C(=O)Nc3ccccc3Cl)ccc21. The fourth-order valence-corrected chi connectivity index (χ4v) is 3.32. The Bertz CT molecular complexity index is 822. The van der Waals surface area contributed by atoms with Gasteiger partial charge in [0.15, 0.2) is 0 Å². The molecule has 2 aromatic carbocycles. The van der Waals surface area contributed by atoms with Crippen LogP contribution in [0.15, 0.2) is 42.5 Å². The highest BCUT2D eigenvalue weighted by molar-refractivity contribution is 6.41. The number of hydrogen-bond acceptors (Lipinski definition) is 3. The van der Waals surface area contributed by atoms with E-state index in [1.54, 1.807) is 24.3 Å². The number of rotatable bonds is 4. The Balaban J connectivity index is 1.51. The summed E-state index contributed by atoms with van der Waals surface area (Å²) in [5, 5.41) is 5.57. The fourth-order valence-electron chi connectivity index (χ4n) is 3.14. The van der Waals surface area contributed by atoms with Crippen LogP contribution in [0.1, 0.15) is 17.5 Å². The van der Waals surface area contributed by atoms with E-state index in [0.29, 0.717) is 23.7 Å². The maximum Gasteiger partial charge on any atom is 0.313 e. The Labute approximate surface area is 158 Å². The Hall–Kier alpha value is -2.53. The molecule has 0 radical (unpaired) electrons. The van der Waals surface area contributed by atoms with Crippen molar-refractivity contribution in [3.05, 3.63) is 58.6 Å². The zero-order valence-corrected chi connectivity index (χ0v) is 15.5. The van der Waals surface area contributed by atoms with Gasteiger partial charge in [-0.05, 0) is 48.6 Å². The zero-order chi connectivity index (χ0) is 18.5. The summed E-state index contributed by atoms with van der Waals surface area (Å²) in [6.07, 6.45) is 2.92. The number of fused-ring (bicyclic) bond motifs is 1. The highest BCUT2D eigenvalue weighted by Gasteiger charge is 2.16. The number of nitrogens with one attached hydrogen (secondary N) is 2. The monoisotopic (exact) mass is 371 g/mol. The first-order chi connectivity index (χ1) is 12.5. The molecular weight excluding hydrogens is 350 g/mol. The van der Waals surface area contributed by atoms with Gasteiger partial charge in [0.05, 0.1) is 10.7 Å². The molecule has 0 saturated carbocycles. The minimum atomic E-state index is -0.717. The Kier molecular flexibility index (Phi) is 5.78. The van der Waals surface area contributed by atoms with E-state index in [1.165, 1.54) is 11.3 Å². The van der Waals surface area contributed by atoms with Crippen LogP contribution in [0.3, 0.4) is 0 Å². The van der Waals surface area contributed by atoms with Crippen LogP contribution in [-0.2, 0) is 22.4 Å². The van der Waals surface area contributed by atoms with Crippen molar-refractivity contribution in [3.8, 4) is 0 Å². The van der Waals surface area contributed by atoms with Gasteiger partial charge in [-0.3, -0.25) is 9.59 Å². The molecule has 0 spiro atoms. The van der Waals surface area contributed by atoms with Crippen molar-refractivity contribution in [2.45, 2.75) is 19.3 Å². The number of nitrogens with zero attached hydrogens (tertiary/aromatic N) is 1. The molecule has 3 rings (SSSR count). The van der Waals surface area contributed by atoms with Crippen LogP contribution in [0.25, 0.3) is 0 Å². The average molecular weight is 372 g/mol. The van der Waals surface area contributed by atoms with E-state index in [1.807, 2.05) is 0 Å². The van der Waals surface area contributed by atoms with Gasteiger partial charge in [-0.1, -0.05) is 35.9 Å². The van der Waals surface area contributed by atoms with Gasteiger partial charge in [-0.25, -0.2) is 0 Å². The molecule has 2 amide bonds. The highest BCUT2D eigenvalue weighted by Crippen LogP contribution is 2.26. The number of benzene rings is 2. The van der Waals surface area contributed by atoms with E-state index in [4.69, 9.17) is 11.6 Å². The second-order valence-corrected chi connectivity index (χ2v) is 6.84. The van der Waals surface area contributed by atoms with Gasteiger partial charge in [-0.2, -0.15) is 0 Å². The molecule has 1 aliphatic heterocycles. The van der Waals surface area contributed by atoms with Gasteiger partial charge in [-0.15, -0.1) is 0 Å². The van der Waals surface area contributed by atoms with Gasteiger partial charge in [0.2, 0.25) is 0 Å². The third-order valence-electron chi connectivity index (χ3n) is 4.52. The molecule has 0 aromatic heterocycles. The number of aryl methyl sites for hydroxylation is 1. The number of para-hydroxylation sites is 1. The predicted molar refractivity (Wildman–Crippen MR) is 105 cm³/mol. The van der Waals surface area contributed by atoms with Gasteiger partial charge >= 0.3 is 11.8 Å². The Morgan fingerprint density at radius 1 is 1.15 bits per heavy atom. The van der Waals surface area contributed by atoms with Crippen molar-refractivity contribution in [3.63, 3.8) is 0 Å². The van der Waals surface area contributed by atoms with Crippen LogP contribution in [0, 0.1) is 0 Å². The van der Waals surface area contributed by atoms with Crippen molar-refractivity contribution >= 4 is 34.8 Å². The first-order valence-corrected chi connectivity index (χ1v) is 9.09. The van der Waals surface area contributed by atoms with Crippen LogP contribution in [0.2, 0.25) is 5.02 Å². The van der Waals surface area contributed by atoms with Crippen LogP contribution in [0.5, 0.6) is 0 Å². The molecule has 0 fully saturated rings. The Morgan fingerprint density at radius 3 is 2.77 bits per heavy atom. The van der Waals surface area contributed by atoms with Crippen molar-refractivity contribution < 1.29 is 9.59 Å². The van der Waals surface area contributed by atoms with Crippen molar-refractivity contribution in [1.82, 2.24) is 5.32 Å². The summed E-state index contributed by atoms with van der Waals surface area (Å²) in [6, 6.07) is 13.2. The number of carbonyl (C=O) groups is 2. The summed E-state index contributed by atoms with van der Waals surface area (Å²) < 4.78 is 0. The van der Waals surface area contributed by atoms with E-state index in [-0.39, 0.29) is 0 Å². The number of amides is 2. The van der Waals surface area contributed by atoms with E-state index in [2.05, 4.69) is 40.8 Å². The second-order valence-electron chi connectivity index (χ2n) is 6.43. The molecule has 0 aliphatic carbocycles. The summed E-state index contributed by atoms with van der Waals surface area (Å²) >= 11 is 5.98. The minimum absolute atomic E-state index is 0.396. The standard InChI is InChI=1S/C20H22ClN3O2/c1-24-12-4-5-15-13-14(8-9-18(15)24)10-11-22-19(25)20(26)23-17-7-3-2-6-16(17)21/h2-3,6-9,13H,4-5,10-12H2,1H3,(H,22,25)(H,23,26). The smallest absolute Gasteiger partial charge is 0.313 e. The molecule has 1 aliphatic rings. The number of carbonyl (C=O) groups excluding carboxylic acids is 2. The Morgan fingerprint density at radius 2 is 1.96 bits per heavy atom. The number of anilines is 2. The molecule has 5 nitrogen and oxygen atoms in total. The largest absolute Gasteiger partial charge is 0.374 e. The molecule has 1 heterocycles. The molecular formula is C20H22ClN3O2. The van der Waals surface area contributed by atoms with Crippen molar-refractivity contribution in [2.75, 3.05) is 30.4 Å². The second kappa shape index (κ2) is 8.23. The first-order valence-electron chi connectivity index (χ1n) is 8.71. The van der Waals surface area contributed by atoms with Gasteiger partial charge in [0, 0.05) is 25.8 Å². The zero-order valence-electron chi connectivity index (χ0n) is 14.7.